The van der Waals surface area contributed by atoms with Gasteiger partial charge in [0.05, 0.1) is 6.54 Å². The van der Waals surface area contributed by atoms with Crippen molar-refractivity contribution >= 4 is 35.4 Å². The molecule has 0 spiro atoms. The number of aromatic nitrogens is 3. The van der Waals surface area contributed by atoms with E-state index in [1.165, 1.54) is 0 Å². The quantitative estimate of drug-likeness (QED) is 0.672. The molecule has 0 bridgehead atoms. The number of hydrogen-bond acceptors (Lipinski definition) is 3. The molecule has 0 amide bonds. The van der Waals surface area contributed by atoms with Gasteiger partial charge < -0.3 is 5.43 Å². The summed E-state index contributed by atoms with van der Waals surface area (Å²) in [5.41, 5.74) is 4.97. The summed E-state index contributed by atoms with van der Waals surface area (Å²) in [5, 5.41) is 8.26. The van der Waals surface area contributed by atoms with Crippen LogP contribution in [0, 0.1) is 4.77 Å². The van der Waals surface area contributed by atoms with E-state index in [0.717, 1.165) is 11.1 Å². The summed E-state index contributed by atoms with van der Waals surface area (Å²) >= 11 is 17.6. The number of rotatable bonds is 4. The molecular formula is C15H12Cl2N4S. The Morgan fingerprint density at radius 2 is 1.73 bits per heavy atom. The highest BCUT2D eigenvalue weighted by Gasteiger charge is 2.10. The molecule has 2 N–H and O–H groups in total. The van der Waals surface area contributed by atoms with E-state index < -0.39 is 0 Å². The van der Waals surface area contributed by atoms with Crippen LogP contribution in [0.1, 0.15) is 5.56 Å². The van der Waals surface area contributed by atoms with E-state index in [0.29, 0.717) is 27.2 Å². The van der Waals surface area contributed by atoms with Gasteiger partial charge in [0.1, 0.15) is 0 Å². The standard InChI is InChI=1S/C15H12Cl2N4S/c16-12-7-4-8-13(17)11(12)9-18-21-14(19-20-15(21)22)10-5-2-1-3-6-10/h1-8,18H,9H2,(H,20,22). The van der Waals surface area contributed by atoms with Gasteiger partial charge in [0.15, 0.2) is 5.82 Å². The van der Waals surface area contributed by atoms with Crippen LogP contribution < -0.4 is 5.43 Å². The molecule has 4 nitrogen and oxygen atoms in total. The molecule has 0 aliphatic heterocycles. The van der Waals surface area contributed by atoms with Crippen molar-refractivity contribution in [2.75, 3.05) is 5.43 Å². The van der Waals surface area contributed by atoms with E-state index in [-0.39, 0.29) is 0 Å². The molecule has 1 aromatic heterocycles. The number of aromatic amines is 1. The van der Waals surface area contributed by atoms with Crippen molar-refractivity contribution in [2.45, 2.75) is 6.54 Å². The normalized spacial score (nSPS) is 10.6. The predicted molar refractivity (Wildman–Crippen MR) is 92.4 cm³/mol. The summed E-state index contributed by atoms with van der Waals surface area (Å²) in [7, 11) is 0. The second-order valence-corrected chi connectivity index (χ2v) is 5.79. The molecule has 0 unspecified atom stereocenters. The van der Waals surface area contributed by atoms with E-state index in [9.17, 15) is 0 Å². The number of hydrogen-bond donors (Lipinski definition) is 2. The Bertz CT molecular complexity index is 822. The number of nitrogens with one attached hydrogen (secondary N) is 2. The predicted octanol–water partition coefficient (Wildman–Crippen LogP) is 4.66. The molecule has 3 rings (SSSR count). The maximum absolute atomic E-state index is 6.18. The van der Waals surface area contributed by atoms with Gasteiger partial charge in [0.25, 0.3) is 0 Å². The van der Waals surface area contributed by atoms with Crippen LogP contribution in [-0.2, 0) is 6.54 Å². The monoisotopic (exact) mass is 350 g/mol. The van der Waals surface area contributed by atoms with Crippen LogP contribution in [-0.4, -0.2) is 14.9 Å². The Labute approximate surface area is 142 Å². The fourth-order valence-corrected chi connectivity index (χ4v) is 2.81. The summed E-state index contributed by atoms with van der Waals surface area (Å²) in [5.74, 6) is 0.703. The lowest BCUT2D eigenvalue weighted by molar-refractivity contribution is 0.832. The van der Waals surface area contributed by atoms with Gasteiger partial charge in [-0.05, 0) is 24.4 Å². The first-order chi connectivity index (χ1) is 10.7. The molecule has 22 heavy (non-hydrogen) atoms. The smallest absolute Gasteiger partial charge is 0.214 e. The maximum Gasteiger partial charge on any atom is 0.214 e. The SMILES string of the molecule is S=c1[nH]nc(-c2ccccc2)n1NCc1c(Cl)cccc1Cl. The minimum Gasteiger partial charge on any atom is -0.317 e. The fourth-order valence-electron chi connectivity index (χ4n) is 2.08. The van der Waals surface area contributed by atoms with Gasteiger partial charge in [-0.15, -0.1) is 0 Å². The summed E-state index contributed by atoms with van der Waals surface area (Å²) < 4.78 is 2.19. The summed E-state index contributed by atoms with van der Waals surface area (Å²) in [6, 6.07) is 15.2. The van der Waals surface area contributed by atoms with Crippen molar-refractivity contribution in [1.82, 2.24) is 14.9 Å². The van der Waals surface area contributed by atoms with Crippen molar-refractivity contribution < 1.29 is 0 Å². The van der Waals surface area contributed by atoms with E-state index in [1.807, 2.05) is 36.4 Å². The largest absolute Gasteiger partial charge is 0.317 e. The summed E-state index contributed by atoms with van der Waals surface area (Å²) in [6.45, 7) is 0.437. The lowest BCUT2D eigenvalue weighted by atomic mass is 10.2. The van der Waals surface area contributed by atoms with Crippen LogP contribution in [0.5, 0.6) is 0 Å². The first-order valence-corrected chi connectivity index (χ1v) is 7.73. The number of halogens is 2. The van der Waals surface area contributed by atoms with Gasteiger partial charge in [-0.25, -0.2) is 9.77 Å². The maximum atomic E-state index is 6.18. The second kappa shape index (κ2) is 6.52. The van der Waals surface area contributed by atoms with Crippen LogP contribution in [0.2, 0.25) is 10.0 Å². The lowest BCUT2D eigenvalue weighted by Gasteiger charge is -2.12. The Kier molecular flexibility index (Phi) is 4.47. The number of benzene rings is 2. The van der Waals surface area contributed by atoms with Gasteiger partial charge in [-0.3, -0.25) is 0 Å². The fraction of sp³-hybridized carbons (Fsp3) is 0.0667. The lowest BCUT2D eigenvalue weighted by Crippen LogP contribution is -2.16. The topological polar surface area (TPSA) is 45.6 Å². The molecular weight excluding hydrogens is 339 g/mol. The molecule has 0 fully saturated rings. The van der Waals surface area contributed by atoms with E-state index in [1.54, 1.807) is 16.8 Å². The van der Waals surface area contributed by atoms with Crippen LogP contribution >= 0.6 is 35.4 Å². The van der Waals surface area contributed by atoms with Crippen molar-refractivity contribution in [2.24, 2.45) is 0 Å². The average molecular weight is 351 g/mol. The highest BCUT2D eigenvalue weighted by Crippen LogP contribution is 2.24. The van der Waals surface area contributed by atoms with Crippen molar-refractivity contribution in [3.63, 3.8) is 0 Å². The molecule has 1 heterocycles. The van der Waals surface area contributed by atoms with Crippen LogP contribution in [0.3, 0.4) is 0 Å². The van der Waals surface area contributed by atoms with Crippen molar-refractivity contribution in [3.05, 3.63) is 68.9 Å². The summed E-state index contributed by atoms with van der Waals surface area (Å²) in [4.78, 5) is 0. The zero-order chi connectivity index (χ0) is 15.5. The zero-order valence-electron chi connectivity index (χ0n) is 11.4. The Morgan fingerprint density at radius 3 is 2.41 bits per heavy atom. The molecule has 3 aromatic rings. The van der Waals surface area contributed by atoms with E-state index in [2.05, 4.69) is 15.6 Å². The zero-order valence-corrected chi connectivity index (χ0v) is 13.7. The van der Waals surface area contributed by atoms with Crippen LogP contribution in [0.25, 0.3) is 11.4 Å². The second-order valence-electron chi connectivity index (χ2n) is 4.59. The number of H-pyrrole nitrogens is 1. The molecule has 0 radical (unpaired) electrons. The molecule has 7 heteroatoms. The minimum atomic E-state index is 0.437. The third kappa shape index (κ3) is 3.02. The Hall–Kier alpha value is -1.82. The first-order valence-electron chi connectivity index (χ1n) is 6.56. The third-order valence-electron chi connectivity index (χ3n) is 3.18. The minimum absolute atomic E-state index is 0.437. The average Bonchev–Trinajstić information content (AvgIpc) is 2.89. The van der Waals surface area contributed by atoms with Crippen molar-refractivity contribution in [1.29, 1.82) is 0 Å². The molecule has 2 aromatic carbocycles. The first kappa shape index (κ1) is 15.1. The molecule has 0 saturated heterocycles. The van der Waals surface area contributed by atoms with Gasteiger partial charge in [0, 0.05) is 21.2 Å². The van der Waals surface area contributed by atoms with E-state index >= 15 is 0 Å². The Balaban J connectivity index is 1.91. The van der Waals surface area contributed by atoms with Gasteiger partial charge in [0.2, 0.25) is 4.77 Å². The van der Waals surface area contributed by atoms with Gasteiger partial charge in [-0.1, -0.05) is 59.6 Å². The van der Waals surface area contributed by atoms with E-state index in [4.69, 9.17) is 35.4 Å². The highest BCUT2D eigenvalue weighted by molar-refractivity contribution is 7.71. The van der Waals surface area contributed by atoms with Crippen LogP contribution in [0.15, 0.2) is 48.5 Å². The Morgan fingerprint density at radius 1 is 1.05 bits per heavy atom. The van der Waals surface area contributed by atoms with Gasteiger partial charge >= 0.3 is 0 Å². The molecule has 112 valence electrons. The molecule has 0 aliphatic rings. The molecule has 0 atom stereocenters. The van der Waals surface area contributed by atoms with Crippen molar-refractivity contribution in [3.8, 4) is 11.4 Å². The third-order valence-corrected chi connectivity index (χ3v) is 4.16. The number of nitrogens with zero attached hydrogens (tertiary/aromatic N) is 2. The van der Waals surface area contributed by atoms with Gasteiger partial charge in [-0.2, -0.15) is 5.10 Å². The summed E-state index contributed by atoms with van der Waals surface area (Å²) in [6.07, 6.45) is 0. The van der Waals surface area contributed by atoms with Crippen LogP contribution in [0.4, 0.5) is 0 Å². The molecule has 0 saturated carbocycles. The molecule has 0 aliphatic carbocycles. The highest BCUT2D eigenvalue weighted by atomic mass is 35.5.